The van der Waals surface area contributed by atoms with Crippen LogP contribution in [0.3, 0.4) is 0 Å². The molecule has 0 saturated heterocycles. The van der Waals surface area contributed by atoms with Crippen molar-refractivity contribution in [3.8, 4) is 33.4 Å². The molecule has 2 aliphatic rings. The normalized spacial score (nSPS) is 13.6. The molecule has 0 amide bonds. The fourth-order valence-electron chi connectivity index (χ4n) is 11.3. The van der Waals surface area contributed by atoms with E-state index in [-0.39, 0.29) is 0 Å². The summed E-state index contributed by atoms with van der Waals surface area (Å²) in [6.07, 6.45) is 0. The van der Waals surface area contributed by atoms with Gasteiger partial charge < -0.3 is 4.90 Å². The molecule has 0 atom stereocenters. The average molecular weight is 830 g/mol. The van der Waals surface area contributed by atoms with Crippen LogP contribution >= 0.6 is 0 Å². The lowest BCUT2D eigenvalue weighted by Crippen LogP contribution is -2.29. The van der Waals surface area contributed by atoms with Crippen molar-refractivity contribution in [3.05, 3.63) is 304 Å². The van der Waals surface area contributed by atoms with Gasteiger partial charge in [-0.05, 0) is 128 Å². The van der Waals surface area contributed by atoms with Gasteiger partial charge in [-0.1, -0.05) is 223 Å². The van der Waals surface area contributed by atoms with Crippen molar-refractivity contribution in [2.24, 2.45) is 0 Å². The van der Waals surface area contributed by atoms with Gasteiger partial charge in [0.15, 0.2) is 0 Å². The van der Waals surface area contributed by atoms with Crippen LogP contribution in [0.5, 0.6) is 0 Å². The lowest BCUT2D eigenvalue weighted by atomic mass is 9.67. The maximum Gasteiger partial charge on any atom is 0.0714 e. The molecular weight excluding hydrogens is 783 g/mol. The summed E-state index contributed by atoms with van der Waals surface area (Å²) >= 11 is 0. The van der Waals surface area contributed by atoms with E-state index in [9.17, 15) is 0 Å². The zero-order valence-corrected chi connectivity index (χ0v) is 36.6. The predicted octanol–water partition coefficient (Wildman–Crippen LogP) is 16.2. The van der Waals surface area contributed by atoms with Gasteiger partial charge in [-0.15, -0.1) is 0 Å². The smallest absolute Gasteiger partial charge is 0.0714 e. The topological polar surface area (TPSA) is 3.24 Å². The van der Waals surface area contributed by atoms with Crippen LogP contribution in [0, 0.1) is 13.8 Å². The third-order valence-corrected chi connectivity index (χ3v) is 14.2. The molecular formula is C64H47N. The Morgan fingerprint density at radius 2 is 0.631 bits per heavy atom. The molecule has 308 valence electrons. The molecule has 0 unspecified atom stereocenters. The van der Waals surface area contributed by atoms with Crippen molar-refractivity contribution in [1.29, 1.82) is 0 Å². The number of rotatable bonds is 8. The minimum Gasteiger partial charge on any atom is -0.310 e. The Kier molecular flexibility index (Phi) is 9.14. The number of hydrogen-bond donors (Lipinski definition) is 0. The second-order valence-electron chi connectivity index (χ2n) is 17.8. The molecule has 1 nitrogen and oxygen atoms in total. The summed E-state index contributed by atoms with van der Waals surface area (Å²) in [4.78, 5) is 2.49. The highest BCUT2D eigenvalue weighted by atomic mass is 15.1. The van der Waals surface area contributed by atoms with Crippen LogP contribution in [-0.4, -0.2) is 0 Å². The quantitative estimate of drug-likeness (QED) is 0.147. The maximum absolute atomic E-state index is 2.49. The van der Waals surface area contributed by atoms with Crippen molar-refractivity contribution in [2.75, 3.05) is 4.90 Å². The molecule has 1 heteroatoms. The van der Waals surface area contributed by atoms with E-state index in [0.29, 0.717) is 0 Å². The summed E-state index contributed by atoms with van der Waals surface area (Å²) in [5.41, 5.74) is 22.4. The van der Waals surface area contributed by atoms with E-state index >= 15 is 0 Å². The first-order valence-electron chi connectivity index (χ1n) is 22.7. The van der Waals surface area contributed by atoms with Gasteiger partial charge in [0.1, 0.15) is 0 Å². The summed E-state index contributed by atoms with van der Waals surface area (Å²) < 4.78 is 0. The van der Waals surface area contributed by atoms with Crippen molar-refractivity contribution in [3.63, 3.8) is 0 Å². The number of hydrogen-bond acceptors (Lipinski definition) is 1. The molecule has 0 spiro atoms. The molecule has 0 saturated carbocycles. The Balaban J connectivity index is 1.15. The maximum atomic E-state index is 2.49. The first-order valence-corrected chi connectivity index (χ1v) is 22.7. The molecule has 10 aromatic rings. The van der Waals surface area contributed by atoms with Gasteiger partial charge in [0.2, 0.25) is 0 Å². The van der Waals surface area contributed by atoms with Crippen molar-refractivity contribution < 1.29 is 0 Å². The highest BCUT2D eigenvalue weighted by Gasteiger charge is 2.48. The van der Waals surface area contributed by atoms with E-state index in [0.717, 1.165) is 17.1 Å². The first kappa shape index (κ1) is 38.7. The molecule has 0 N–H and O–H groups in total. The van der Waals surface area contributed by atoms with Crippen molar-refractivity contribution in [1.82, 2.24) is 0 Å². The van der Waals surface area contributed by atoms with Crippen LogP contribution in [0.4, 0.5) is 17.1 Å². The molecule has 12 rings (SSSR count). The second-order valence-corrected chi connectivity index (χ2v) is 17.8. The summed E-state index contributed by atoms with van der Waals surface area (Å²) in [7, 11) is 0. The summed E-state index contributed by atoms with van der Waals surface area (Å²) in [5, 5.41) is 0. The fourth-order valence-corrected chi connectivity index (χ4v) is 11.3. The van der Waals surface area contributed by atoms with E-state index < -0.39 is 10.8 Å². The molecule has 0 bridgehead atoms. The molecule has 0 fully saturated rings. The highest BCUT2D eigenvalue weighted by molar-refractivity contribution is 5.92. The monoisotopic (exact) mass is 829 g/mol. The molecule has 0 heterocycles. The summed E-state index contributed by atoms with van der Waals surface area (Å²) in [6, 6.07) is 93.0. The Morgan fingerprint density at radius 1 is 0.262 bits per heavy atom. The van der Waals surface area contributed by atoms with E-state index in [1.54, 1.807) is 0 Å². The molecule has 10 aromatic carbocycles. The van der Waals surface area contributed by atoms with Gasteiger partial charge in [-0.25, -0.2) is 0 Å². The zero-order chi connectivity index (χ0) is 43.5. The largest absolute Gasteiger partial charge is 0.310 e. The van der Waals surface area contributed by atoms with E-state index in [1.807, 2.05) is 0 Å². The number of nitrogens with zero attached hydrogens (tertiary/aromatic N) is 1. The van der Waals surface area contributed by atoms with Crippen LogP contribution in [0.2, 0.25) is 0 Å². The van der Waals surface area contributed by atoms with Crippen LogP contribution in [-0.2, 0) is 10.8 Å². The molecule has 0 radical (unpaired) electrons. The van der Waals surface area contributed by atoms with Gasteiger partial charge >= 0.3 is 0 Å². The van der Waals surface area contributed by atoms with Crippen LogP contribution in [0.1, 0.15) is 55.6 Å². The lowest BCUT2D eigenvalue weighted by Gasteiger charge is -2.36. The van der Waals surface area contributed by atoms with Crippen molar-refractivity contribution in [2.45, 2.75) is 24.7 Å². The third kappa shape index (κ3) is 5.93. The minimum absolute atomic E-state index is 0.534. The second kappa shape index (κ2) is 15.4. The molecule has 0 aliphatic heterocycles. The van der Waals surface area contributed by atoms with Gasteiger partial charge in [0.25, 0.3) is 0 Å². The van der Waals surface area contributed by atoms with E-state index in [2.05, 4.69) is 267 Å². The van der Waals surface area contributed by atoms with E-state index in [4.69, 9.17) is 0 Å². The lowest BCUT2D eigenvalue weighted by molar-refractivity contribution is 0.767. The zero-order valence-electron chi connectivity index (χ0n) is 36.6. The predicted molar refractivity (Wildman–Crippen MR) is 271 cm³/mol. The Labute approximate surface area is 382 Å². The number of aryl methyl sites for hydroxylation is 2. The van der Waals surface area contributed by atoms with Gasteiger partial charge in [0.05, 0.1) is 10.8 Å². The van der Waals surface area contributed by atoms with Gasteiger partial charge in [0, 0.05) is 17.1 Å². The van der Waals surface area contributed by atoms with Crippen molar-refractivity contribution >= 4 is 17.1 Å². The van der Waals surface area contributed by atoms with Gasteiger partial charge in [-0.2, -0.15) is 0 Å². The molecule has 65 heavy (non-hydrogen) atoms. The Morgan fingerprint density at radius 3 is 1.11 bits per heavy atom. The molecule has 2 aliphatic carbocycles. The minimum atomic E-state index is -0.545. The summed E-state index contributed by atoms with van der Waals surface area (Å²) in [5.74, 6) is 0. The summed E-state index contributed by atoms with van der Waals surface area (Å²) in [6.45, 7) is 4.36. The standard InChI is InChI=1S/C64H47N/c1-44-29-33-50(34-30-44)64(51-35-31-45(2)32-36-51)60-28-15-13-26-56(60)58-40-38-54(43-62(58)64)65(52-24-16-19-47(41-52)46-17-6-3-7-18-46)53-37-39-57-55-25-12-14-27-59(55)63(61(57)42-53,48-20-8-4-9-21-48)49-22-10-5-11-23-49/h3-43H,1-2H3. The van der Waals surface area contributed by atoms with Crippen LogP contribution in [0.25, 0.3) is 33.4 Å². The Hall–Kier alpha value is -8.00. The number of anilines is 3. The van der Waals surface area contributed by atoms with E-state index in [1.165, 1.54) is 89.0 Å². The van der Waals surface area contributed by atoms with Crippen LogP contribution < -0.4 is 4.90 Å². The van der Waals surface area contributed by atoms with Crippen LogP contribution in [0.15, 0.2) is 249 Å². The SMILES string of the molecule is Cc1ccc(C2(c3ccc(C)cc3)c3ccccc3-c3ccc(N(c4cccc(-c5ccccc5)c4)c4ccc5c(c4)C(c4ccccc4)(c4ccccc4)c4ccccc4-5)cc32)cc1. The highest BCUT2D eigenvalue weighted by Crippen LogP contribution is 2.59. The third-order valence-electron chi connectivity index (χ3n) is 14.2. The number of benzene rings is 10. The first-order chi connectivity index (χ1) is 32.0. The Bertz CT molecular complexity index is 3280. The average Bonchev–Trinajstić information content (AvgIpc) is 3.83. The fraction of sp³-hybridized carbons (Fsp3) is 0.0625. The van der Waals surface area contributed by atoms with Gasteiger partial charge in [-0.3, -0.25) is 0 Å². The number of fused-ring (bicyclic) bond motifs is 6. The molecule has 0 aromatic heterocycles.